The Bertz CT molecular complexity index is 1460. The summed E-state index contributed by atoms with van der Waals surface area (Å²) in [6.45, 7) is 3.31. The quantitative estimate of drug-likeness (QED) is 0.224. The summed E-state index contributed by atoms with van der Waals surface area (Å²) in [5, 5.41) is 31.0. The van der Waals surface area contributed by atoms with Gasteiger partial charge in [0.25, 0.3) is 5.69 Å². The molecule has 0 aliphatic heterocycles. The van der Waals surface area contributed by atoms with Crippen molar-refractivity contribution in [1.82, 2.24) is 0 Å². The van der Waals surface area contributed by atoms with Crippen molar-refractivity contribution in [3.63, 3.8) is 0 Å². The molecule has 1 aromatic heterocycles. The van der Waals surface area contributed by atoms with E-state index in [-0.39, 0.29) is 33.3 Å². The molecular weight excluding hydrogens is 426 g/mol. The number of hydrogen-bond donors (Lipinski definition) is 1. The molecule has 9 nitrogen and oxygen atoms in total. The number of aromatic hydroxyl groups is 1. The van der Waals surface area contributed by atoms with Gasteiger partial charge in [0.1, 0.15) is 23.0 Å². The standard InChI is InChI=1S/C24H19N3O6/c1-13-21-20(28)12-19(15-4-10-18(32-3)11-5-15)23(24(29)22(21)14(2)33-13)26-25-16-6-8-17(9-7-16)27(30)31/h4-12,29H,1-3H3. The van der Waals surface area contributed by atoms with E-state index >= 15 is 0 Å². The number of methoxy groups -OCH3 is 1. The molecule has 3 aromatic carbocycles. The summed E-state index contributed by atoms with van der Waals surface area (Å²) in [5.41, 5.74) is 0.966. The lowest BCUT2D eigenvalue weighted by Crippen LogP contribution is -1.96. The van der Waals surface area contributed by atoms with Crippen LogP contribution in [0.3, 0.4) is 0 Å². The summed E-state index contributed by atoms with van der Waals surface area (Å²) in [7, 11) is 1.55. The van der Waals surface area contributed by atoms with Crippen molar-refractivity contribution in [3.05, 3.63) is 86.5 Å². The van der Waals surface area contributed by atoms with Crippen LogP contribution in [0.25, 0.3) is 21.9 Å². The van der Waals surface area contributed by atoms with Crippen LogP contribution >= 0.6 is 0 Å². The molecular formula is C24H19N3O6. The lowest BCUT2D eigenvalue weighted by molar-refractivity contribution is -0.384. The summed E-state index contributed by atoms with van der Waals surface area (Å²) < 4.78 is 10.8. The van der Waals surface area contributed by atoms with E-state index in [1.807, 2.05) is 0 Å². The van der Waals surface area contributed by atoms with Crippen molar-refractivity contribution in [2.75, 3.05) is 7.11 Å². The van der Waals surface area contributed by atoms with E-state index in [1.165, 1.54) is 30.3 Å². The summed E-state index contributed by atoms with van der Waals surface area (Å²) in [5.74, 6) is 1.14. The number of nitrogens with zero attached hydrogens (tertiary/aromatic N) is 3. The molecule has 0 spiro atoms. The molecule has 1 N–H and O–H groups in total. The molecule has 0 saturated carbocycles. The number of fused-ring (bicyclic) bond motifs is 1. The van der Waals surface area contributed by atoms with Gasteiger partial charge in [-0.1, -0.05) is 12.1 Å². The molecule has 0 unspecified atom stereocenters. The number of rotatable bonds is 5. The number of hydrogen-bond acceptors (Lipinski definition) is 8. The van der Waals surface area contributed by atoms with Crippen LogP contribution in [-0.2, 0) is 0 Å². The number of nitro groups is 1. The van der Waals surface area contributed by atoms with Gasteiger partial charge in [0, 0.05) is 17.7 Å². The second-order valence-electron chi connectivity index (χ2n) is 7.29. The van der Waals surface area contributed by atoms with E-state index in [0.717, 1.165) is 0 Å². The molecule has 0 saturated heterocycles. The van der Waals surface area contributed by atoms with Gasteiger partial charge in [-0.05, 0) is 49.7 Å². The van der Waals surface area contributed by atoms with Crippen LogP contribution in [0.1, 0.15) is 11.5 Å². The smallest absolute Gasteiger partial charge is 0.269 e. The number of non-ortho nitro benzene ring substituents is 1. The Balaban J connectivity index is 1.97. The second kappa shape index (κ2) is 8.54. The third-order valence-electron chi connectivity index (χ3n) is 5.23. The van der Waals surface area contributed by atoms with Gasteiger partial charge in [0.05, 0.1) is 28.5 Å². The molecule has 1 heterocycles. The Morgan fingerprint density at radius 3 is 2.21 bits per heavy atom. The fourth-order valence-electron chi connectivity index (χ4n) is 3.62. The minimum absolute atomic E-state index is 0.0644. The van der Waals surface area contributed by atoms with Crippen LogP contribution in [0.2, 0.25) is 0 Å². The number of furan rings is 1. The number of aryl methyl sites for hydroxylation is 2. The highest BCUT2D eigenvalue weighted by molar-refractivity contribution is 5.98. The van der Waals surface area contributed by atoms with E-state index in [0.29, 0.717) is 34.1 Å². The zero-order valence-corrected chi connectivity index (χ0v) is 18.0. The molecule has 0 amide bonds. The van der Waals surface area contributed by atoms with Crippen LogP contribution in [-0.4, -0.2) is 17.1 Å². The highest BCUT2D eigenvalue weighted by Crippen LogP contribution is 2.43. The molecule has 0 aliphatic carbocycles. The number of nitro benzene ring substituents is 1. The van der Waals surface area contributed by atoms with Crippen LogP contribution in [0.4, 0.5) is 17.1 Å². The summed E-state index contributed by atoms with van der Waals surface area (Å²) in [6.07, 6.45) is 0. The van der Waals surface area contributed by atoms with E-state index < -0.39 is 4.92 Å². The molecule has 4 rings (SSSR count). The van der Waals surface area contributed by atoms with Crippen LogP contribution in [0.5, 0.6) is 11.5 Å². The van der Waals surface area contributed by atoms with E-state index in [2.05, 4.69) is 10.2 Å². The second-order valence-corrected chi connectivity index (χ2v) is 7.29. The van der Waals surface area contributed by atoms with Gasteiger partial charge in [0.2, 0.25) is 0 Å². The molecule has 0 radical (unpaired) electrons. The van der Waals surface area contributed by atoms with Gasteiger partial charge in [-0.3, -0.25) is 14.9 Å². The van der Waals surface area contributed by atoms with Gasteiger partial charge in [-0.2, -0.15) is 5.11 Å². The molecule has 0 fully saturated rings. The SMILES string of the molecule is COc1ccc(-c2cc(=O)c3c(C)oc(C)c3c(O)c2N=Nc2ccc([N+](=O)[O-])cc2)cc1. The topological polar surface area (TPSA) is 128 Å². The van der Waals surface area contributed by atoms with E-state index in [4.69, 9.17) is 9.15 Å². The Morgan fingerprint density at radius 2 is 1.61 bits per heavy atom. The van der Waals surface area contributed by atoms with Crippen LogP contribution in [0, 0.1) is 24.0 Å². The summed E-state index contributed by atoms with van der Waals surface area (Å²) in [4.78, 5) is 23.4. The third-order valence-corrected chi connectivity index (χ3v) is 5.23. The highest BCUT2D eigenvalue weighted by Gasteiger charge is 2.20. The summed E-state index contributed by atoms with van der Waals surface area (Å²) in [6, 6.07) is 13.8. The molecule has 9 heteroatoms. The average Bonchev–Trinajstić information content (AvgIpc) is 3.05. The maximum Gasteiger partial charge on any atom is 0.269 e. The molecule has 4 aromatic rings. The van der Waals surface area contributed by atoms with Gasteiger partial charge >= 0.3 is 0 Å². The average molecular weight is 445 g/mol. The molecule has 0 bridgehead atoms. The van der Waals surface area contributed by atoms with Crippen molar-refractivity contribution in [1.29, 1.82) is 0 Å². The molecule has 0 atom stereocenters. The zero-order chi connectivity index (χ0) is 23.7. The highest BCUT2D eigenvalue weighted by atomic mass is 16.6. The fourth-order valence-corrected chi connectivity index (χ4v) is 3.62. The predicted molar refractivity (Wildman–Crippen MR) is 123 cm³/mol. The normalized spacial score (nSPS) is 11.2. The first-order valence-corrected chi connectivity index (χ1v) is 9.90. The molecule has 33 heavy (non-hydrogen) atoms. The van der Waals surface area contributed by atoms with Crippen LogP contribution in [0.15, 0.2) is 74.0 Å². The van der Waals surface area contributed by atoms with E-state index in [1.54, 1.807) is 45.2 Å². The molecule has 0 aliphatic rings. The number of benzene rings is 2. The van der Waals surface area contributed by atoms with Crippen molar-refractivity contribution < 1.29 is 19.2 Å². The number of azo groups is 1. The Kier molecular flexibility index (Phi) is 5.61. The van der Waals surface area contributed by atoms with Gasteiger partial charge in [-0.25, -0.2) is 0 Å². The minimum atomic E-state index is -0.512. The zero-order valence-electron chi connectivity index (χ0n) is 18.0. The number of ether oxygens (including phenoxy) is 1. The van der Waals surface area contributed by atoms with Crippen LogP contribution < -0.4 is 10.2 Å². The third kappa shape index (κ3) is 4.03. The van der Waals surface area contributed by atoms with Crippen molar-refractivity contribution in [2.45, 2.75) is 13.8 Å². The van der Waals surface area contributed by atoms with Crippen molar-refractivity contribution >= 4 is 27.8 Å². The Hall–Kier alpha value is -4.53. The van der Waals surface area contributed by atoms with Crippen molar-refractivity contribution in [2.24, 2.45) is 10.2 Å². The fraction of sp³-hybridized carbons (Fsp3) is 0.125. The first-order valence-electron chi connectivity index (χ1n) is 9.90. The maximum absolute atomic E-state index is 13.1. The monoisotopic (exact) mass is 445 g/mol. The summed E-state index contributed by atoms with van der Waals surface area (Å²) >= 11 is 0. The van der Waals surface area contributed by atoms with Gasteiger partial charge in [0.15, 0.2) is 11.2 Å². The maximum atomic E-state index is 13.1. The first kappa shape index (κ1) is 21.7. The molecule has 166 valence electrons. The van der Waals surface area contributed by atoms with Gasteiger partial charge in [-0.15, -0.1) is 5.11 Å². The first-order chi connectivity index (χ1) is 15.8. The Morgan fingerprint density at radius 1 is 0.970 bits per heavy atom. The lowest BCUT2D eigenvalue weighted by Gasteiger charge is -2.06. The van der Waals surface area contributed by atoms with E-state index in [9.17, 15) is 20.0 Å². The minimum Gasteiger partial charge on any atom is -0.505 e. The largest absolute Gasteiger partial charge is 0.505 e. The lowest BCUT2D eigenvalue weighted by atomic mass is 10.1. The van der Waals surface area contributed by atoms with Crippen molar-refractivity contribution in [3.8, 4) is 22.6 Å². The Labute approximate surface area is 187 Å². The predicted octanol–water partition coefficient (Wildman–Crippen LogP) is 6.11. The van der Waals surface area contributed by atoms with Gasteiger partial charge < -0.3 is 14.3 Å².